The van der Waals surface area contributed by atoms with Crippen molar-refractivity contribution in [3.63, 3.8) is 0 Å². The lowest BCUT2D eigenvalue weighted by Gasteiger charge is -2.33. The molecule has 0 saturated carbocycles. The minimum atomic E-state index is -0.948. The smallest absolute Gasteiger partial charge is 0.408 e. The van der Waals surface area contributed by atoms with Gasteiger partial charge in [0.05, 0.1) is 0 Å². The molecule has 0 aliphatic rings. The highest BCUT2D eigenvalue weighted by atomic mass is 32.1. The fourth-order valence-electron chi connectivity index (χ4n) is 3.29. The van der Waals surface area contributed by atoms with E-state index in [1.165, 1.54) is 4.90 Å². The van der Waals surface area contributed by atoms with Gasteiger partial charge in [-0.05, 0) is 38.8 Å². The lowest BCUT2D eigenvalue weighted by Crippen LogP contribution is -2.53. The zero-order valence-electron chi connectivity index (χ0n) is 19.6. The molecule has 0 aliphatic heterocycles. The van der Waals surface area contributed by atoms with Gasteiger partial charge in [0.15, 0.2) is 0 Å². The van der Waals surface area contributed by atoms with Crippen LogP contribution in [0.1, 0.15) is 44.9 Å². The van der Waals surface area contributed by atoms with E-state index in [2.05, 4.69) is 23.3 Å². The van der Waals surface area contributed by atoms with Crippen LogP contribution in [-0.2, 0) is 20.9 Å². The van der Waals surface area contributed by atoms with Gasteiger partial charge in [0.25, 0.3) is 0 Å². The molecule has 0 saturated heterocycles. The van der Waals surface area contributed by atoms with E-state index in [1.54, 1.807) is 39.8 Å². The first kappa shape index (κ1) is 26.3. The molecule has 2 atom stereocenters. The highest BCUT2D eigenvalue weighted by molar-refractivity contribution is 7.80. The number of nitrogens with zero attached hydrogens (tertiary/aromatic N) is 1. The van der Waals surface area contributed by atoms with Gasteiger partial charge in [0, 0.05) is 18.8 Å². The van der Waals surface area contributed by atoms with Crippen LogP contribution in [0.15, 0.2) is 60.7 Å². The van der Waals surface area contributed by atoms with Crippen molar-refractivity contribution in [1.82, 2.24) is 15.5 Å². The predicted octanol–water partition coefficient (Wildman–Crippen LogP) is 3.72. The third-order valence-electron chi connectivity index (χ3n) is 4.78. The summed E-state index contributed by atoms with van der Waals surface area (Å²) in [5.74, 6) is -0.667. The molecule has 33 heavy (non-hydrogen) atoms. The van der Waals surface area contributed by atoms with Crippen molar-refractivity contribution in [2.75, 3.05) is 12.3 Å². The van der Waals surface area contributed by atoms with Gasteiger partial charge in [-0.15, -0.1) is 0 Å². The number of alkyl carbamates (subject to hydrolysis) is 1. The summed E-state index contributed by atoms with van der Waals surface area (Å²) in [6, 6.07) is 16.8. The Kier molecular flexibility index (Phi) is 9.78. The van der Waals surface area contributed by atoms with Gasteiger partial charge in [-0.1, -0.05) is 60.7 Å². The fraction of sp³-hybridized carbons (Fsp3) is 0.400. The third-order valence-corrected chi connectivity index (χ3v) is 5.15. The van der Waals surface area contributed by atoms with Crippen LogP contribution in [-0.4, -0.2) is 46.7 Å². The molecule has 2 unspecified atom stereocenters. The van der Waals surface area contributed by atoms with Crippen molar-refractivity contribution in [3.8, 4) is 0 Å². The maximum atomic E-state index is 13.4. The Hall–Kier alpha value is -3.00. The van der Waals surface area contributed by atoms with E-state index in [-0.39, 0.29) is 18.2 Å². The first-order valence-electron chi connectivity index (χ1n) is 10.9. The zero-order valence-corrected chi connectivity index (χ0v) is 20.5. The molecule has 0 aromatic heterocycles. The van der Waals surface area contributed by atoms with Crippen LogP contribution in [0.25, 0.3) is 0 Å². The average Bonchev–Trinajstić information content (AvgIpc) is 2.79. The molecular weight excluding hydrogens is 438 g/mol. The summed E-state index contributed by atoms with van der Waals surface area (Å²) in [7, 11) is 0. The van der Waals surface area contributed by atoms with Crippen molar-refractivity contribution < 1.29 is 19.1 Å². The van der Waals surface area contributed by atoms with Crippen molar-refractivity contribution in [2.24, 2.45) is 0 Å². The van der Waals surface area contributed by atoms with E-state index in [4.69, 9.17) is 4.74 Å². The number of benzene rings is 2. The number of likely N-dealkylation sites (N-methyl/N-ethyl adjacent to an activating group) is 1. The molecule has 2 rings (SSSR count). The van der Waals surface area contributed by atoms with Gasteiger partial charge < -0.3 is 20.3 Å². The highest BCUT2D eigenvalue weighted by Crippen LogP contribution is 2.22. The lowest BCUT2D eigenvalue weighted by molar-refractivity contribution is -0.141. The number of carbonyl (C=O) groups excluding carboxylic acids is 3. The SMILES string of the molecule is CCN(C(=O)C(CS)NC(=O)OC(C)(C)C)C(C(=O)NCc1ccccc1)c1ccccc1. The Bertz CT molecular complexity index is 916. The largest absolute Gasteiger partial charge is 0.444 e. The van der Waals surface area contributed by atoms with Crippen LogP contribution in [0.4, 0.5) is 4.79 Å². The number of carbonyl (C=O) groups is 3. The van der Waals surface area contributed by atoms with E-state index in [9.17, 15) is 14.4 Å². The normalized spacial score (nSPS) is 12.9. The van der Waals surface area contributed by atoms with Gasteiger partial charge in [-0.2, -0.15) is 12.6 Å². The van der Waals surface area contributed by atoms with Crippen LogP contribution < -0.4 is 10.6 Å². The maximum Gasteiger partial charge on any atom is 0.408 e. The summed E-state index contributed by atoms with van der Waals surface area (Å²) in [6.07, 6.45) is -0.712. The monoisotopic (exact) mass is 471 g/mol. The number of hydrogen-bond acceptors (Lipinski definition) is 5. The van der Waals surface area contributed by atoms with Gasteiger partial charge in [0.1, 0.15) is 17.7 Å². The molecule has 8 heteroatoms. The van der Waals surface area contributed by atoms with Gasteiger partial charge in [0.2, 0.25) is 11.8 Å². The maximum absolute atomic E-state index is 13.4. The van der Waals surface area contributed by atoms with Crippen molar-refractivity contribution >= 4 is 30.5 Å². The Balaban J connectivity index is 2.25. The molecule has 3 amide bonds. The third kappa shape index (κ3) is 8.13. The summed E-state index contributed by atoms with van der Waals surface area (Å²) < 4.78 is 5.28. The second-order valence-corrected chi connectivity index (χ2v) is 8.89. The van der Waals surface area contributed by atoms with Crippen LogP contribution >= 0.6 is 12.6 Å². The molecule has 0 spiro atoms. The molecule has 178 valence electrons. The second kappa shape index (κ2) is 12.3. The summed E-state index contributed by atoms with van der Waals surface area (Å²) in [5.41, 5.74) is 0.920. The molecular formula is C25H33N3O4S. The van der Waals surface area contributed by atoms with Gasteiger partial charge in [-0.3, -0.25) is 9.59 Å². The molecule has 0 fully saturated rings. The van der Waals surface area contributed by atoms with Crippen LogP contribution in [0.2, 0.25) is 0 Å². The fourth-order valence-corrected chi connectivity index (χ4v) is 3.54. The molecule has 0 aliphatic carbocycles. The van der Waals surface area contributed by atoms with E-state index in [1.807, 2.05) is 48.5 Å². The number of thiol groups is 1. The van der Waals surface area contributed by atoms with Crippen LogP contribution in [0.3, 0.4) is 0 Å². The number of ether oxygens (including phenoxy) is 1. The van der Waals surface area contributed by atoms with Crippen LogP contribution in [0.5, 0.6) is 0 Å². The zero-order chi connectivity index (χ0) is 24.4. The molecule has 7 nitrogen and oxygen atoms in total. The second-order valence-electron chi connectivity index (χ2n) is 8.52. The minimum Gasteiger partial charge on any atom is -0.444 e. The summed E-state index contributed by atoms with van der Waals surface area (Å²) >= 11 is 4.25. The molecule has 0 heterocycles. The van der Waals surface area contributed by atoms with Crippen molar-refractivity contribution in [3.05, 3.63) is 71.8 Å². The summed E-state index contributed by atoms with van der Waals surface area (Å²) in [4.78, 5) is 40.4. The molecule has 2 N–H and O–H groups in total. The Labute approximate surface area is 201 Å². The van der Waals surface area contributed by atoms with E-state index in [0.29, 0.717) is 12.1 Å². The Morgan fingerprint density at radius 1 is 1.00 bits per heavy atom. The minimum absolute atomic E-state index is 0.0573. The van der Waals surface area contributed by atoms with Gasteiger partial charge in [-0.25, -0.2) is 4.79 Å². The highest BCUT2D eigenvalue weighted by Gasteiger charge is 2.34. The quantitative estimate of drug-likeness (QED) is 0.487. The number of amides is 3. The standard InChI is InChI=1S/C25H33N3O4S/c1-5-28(23(30)20(17-33)27-24(31)32-25(2,3)4)21(19-14-10-7-11-15-19)22(29)26-16-18-12-8-6-9-13-18/h6-15,20-21,33H,5,16-17H2,1-4H3,(H,26,29)(H,27,31). The van der Waals surface area contributed by atoms with Crippen molar-refractivity contribution in [2.45, 2.75) is 51.9 Å². The number of hydrogen-bond donors (Lipinski definition) is 3. The predicted molar refractivity (Wildman–Crippen MR) is 132 cm³/mol. The topological polar surface area (TPSA) is 87.7 Å². The molecule has 2 aromatic rings. The first-order chi connectivity index (χ1) is 15.7. The Morgan fingerprint density at radius 2 is 1.58 bits per heavy atom. The molecule has 0 bridgehead atoms. The summed E-state index contributed by atoms with van der Waals surface area (Å²) in [6.45, 7) is 7.61. The van der Waals surface area contributed by atoms with E-state index >= 15 is 0 Å². The van der Waals surface area contributed by atoms with Crippen LogP contribution in [0, 0.1) is 0 Å². The first-order valence-corrected chi connectivity index (χ1v) is 11.6. The van der Waals surface area contributed by atoms with Crippen molar-refractivity contribution in [1.29, 1.82) is 0 Å². The van der Waals surface area contributed by atoms with E-state index < -0.39 is 29.7 Å². The lowest BCUT2D eigenvalue weighted by atomic mass is 10.0. The van der Waals surface area contributed by atoms with Gasteiger partial charge >= 0.3 is 6.09 Å². The molecule has 0 radical (unpaired) electrons. The average molecular weight is 472 g/mol. The number of rotatable bonds is 9. The molecule has 2 aromatic carbocycles. The number of nitrogens with one attached hydrogen (secondary N) is 2. The van der Waals surface area contributed by atoms with E-state index in [0.717, 1.165) is 5.56 Å². The summed E-state index contributed by atoms with van der Waals surface area (Å²) in [5, 5.41) is 5.51. The Morgan fingerprint density at radius 3 is 2.09 bits per heavy atom.